The first-order chi connectivity index (χ1) is 4.72. The third-order valence-corrected chi connectivity index (χ3v) is 0.729. The Balaban J connectivity index is 3.70. The van der Waals surface area contributed by atoms with Gasteiger partial charge in [-0.15, -0.1) is 0 Å². The minimum Gasteiger partial charge on any atom is -0.460 e. The molecule has 0 aromatic carbocycles. The molecule has 0 fully saturated rings. The Morgan fingerprint density at radius 3 is 2.70 bits per heavy atom. The van der Waals surface area contributed by atoms with E-state index in [-0.39, 0.29) is 5.76 Å². The predicted octanol–water partition coefficient (Wildman–Crippen LogP) is 1.22. The predicted molar refractivity (Wildman–Crippen MR) is 37.1 cm³/mol. The SMILES string of the molecule is C=COC(=C)C(=O)OCC. The number of ether oxygens (including phenoxy) is 2. The zero-order chi connectivity index (χ0) is 7.98. The Labute approximate surface area is 59.9 Å². The first-order valence-electron chi connectivity index (χ1n) is 2.86. The lowest BCUT2D eigenvalue weighted by Crippen LogP contribution is -2.07. The maximum Gasteiger partial charge on any atom is 0.373 e. The Hall–Kier alpha value is -1.25. The summed E-state index contributed by atoms with van der Waals surface area (Å²) in [5.41, 5.74) is 0. The number of rotatable bonds is 4. The second kappa shape index (κ2) is 4.61. The van der Waals surface area contributed by atoms with E-state index >= 15 is 0 Å². The Bertz CT molecular complexity index is 149. The van der Waals surface area contributed by atoms with Crippen LogP contribution in [0.1, 0.15) is 6.92 Å². The molecule has 0 aliphatic carbocycles. The van der Waals surface area contributed by atoms with Crippen molar-refractivity contribution in [3.63, 3.8) is 0 Å². The Kier molecular flexibility index (Phi) is 4.04. The molecule has 0 N–H and O–H groups in total. The topological polar surface area (TPSA) is 35.5 Å². The van der Waals surface area contributed by atoms with Gasteiger partial charge in [0.1, 0.15) is 0 Å². The average molecular weight is 142 g/mol. The van der Waals surface area contributed by atoms with Crippen LogP contribution in [0.2, 0.25) is 0 Å². The van der Waals surface area contributed by atoms with Crippen molar-refractivity contribution in [1.29, 1.82) is 0 Å². The molecule has 0 radical (unpaired) electrons. The second-order valence-corrected chi connectivity index (χ2v) is 1.43. The summed E-state index contributed by atoms with van der Waals surface area (Å²) in [6.07, 6.45) is 1.12. The van der Waals surface area contributed by atoms with Gasteiger partial charge in [-0.3, -0.25) is 0 Å². The van der Waals surface area contributed by atoms with Crippen molar-refractivity contribution in [3.8, 4) is 0 Å². The largest absolute Gasteiger partial charge is 0.460 e. The van der Waals surface area contributed by atoms with Crippen LogP contribution >= 0.6 is 0 Å². The van der Waals surface area contributed by atoms with E-state index in [1.807, 2.05) is 0 Å². The highest BCUT2D eigenvalue weighted by Gasteiger charge is 2.06. The van der Waals surface area contributed by atoms with Crippen LogP contribution in [0.5, 0.6) is 0 Å². The zero-order valence-electron chi connectivity index (χ0n) is 5.92. The normalized spacial score (nSPS) is 8.10. The van der Waals surface area contributed by atoms with E-state index in [1.54, 1.807) is 6.92 Å². The summed E-state index contributed by atoms with van der Waals surface area (Å²) in [6, 6.07) is 0. The summed E-state index contributed by atoms with van der Waals surface area (Å²) in [5.74, 6) is -0.598. The number of esters is 1. The molecule has 0 aliphatic rings. The summed E-state index contributed by atoms with van der Waals surface area (Å²) in [5, 5.41) is 0. The van der Waals surface area contributed by atoms with Crippen LogP contribution in [0.3, 0.4) is 0 Å². The number of hydrogen-bond acceptors (Lipinski definition) is 3. The van der Waals surface area contributed by atoms with Crippen LogP contribution in [0.4, 0.5) is 0 Å². The van der Waals surface area contributed by atoms with Gasteiger partial charge in [-0.2, -0.15) is 0 Å². The lowest BCUT2D eigenvalue weighted by molar-refractivity contribution is -0.141. The fraction of sp³-hybridized carbons (Fsp3) is 0.286. The van der Waals surface area contributed by atoms with Gasteiger partial charge < -0.3 is 9.47 Å². The van der Waals surface area contributed by atoms with Gasteiger partial charge in [0.2, 0.25) is 5.76 Å². The highest BCUT2D eigenvalue weighted by Crippen LogP contribution is 1.96. The van der Waals surface area contributed by atoms with Crippen molar-refractivity contribution in [2.75, 3.05) is 6.61 Å². The van der Waals surface area contributed by atoms with Crippen LogP contribution in [0, 0.1) is 0 Å². The molecule has 0 heterocycles. The molecule has 3 nitrogen and oxygen atoms in total. The molecule has 56 valence electrons. The first-order valence-corrected chi connectivity index (χ1v) is 2.86. The fourth-order valence-electron chi connectivity index (χ4n) is 0.360. The third-order valence-electron chi connectivity index (χ3n) is 0.729. The fourth-order valence-corrected chi connectivity index (χ4v) is 0.360. The van der Waals surface area contributed by atoms with Gasteiger partial charge in [0.25, 0.3) is 0 Å². The summed E-state index contributed by atoms with van der Waals surface area (Å²) in [4.78, 5) is 10.6. The maximum absolute atomic E-state index is 10.6. The minimum absolute atomic E-state index is 0.0446. The van der Waals surface area contributed by atoms with Gasteiger partial charge >= 0.3 is 5.97 Å². The van der Waals surface area contributed by atoms with Crippen molar-refractivity contribution in [2.45, 2.75) is 6.92 Å². The van der Waals surface area contributed by atoms with E-state index in [4.69, 9.17) is 0 Å². The molecular formula is C7H10O3. The van der Waals surface area contributed by atoms with E-state index < -0.39 is 5.97 Å². The third kappa shape index (κ3) is 2.91. The van der Waals surface area contributed by atoms with Crippen LogP contribution in [0.15, 0.2) is 25.2 Å². The van der Waals surface area contributed by atoms with Crippen LogP contribution in [-0.2, 0) is 14.3 Å². The molecule has 0 saturated heterocycles. The molecule has 0 aromatic heterocycles. The summed E-state index contributed by atoms with van der Waals surface area (Å²) in [6.45, 7) is 8.57. The van der Waals surface area contributed by atoms with Crippen molar-refractivity contribution in [1.82, 2.24) is 0 Å². The molecule has 0 amide bonds. The van der Waals surface area contributed by atoms with Gasteiger partial charge in [0.15, 0.2) is 0 Å². The number of hydrogen-bond donors (Lipinski definition) is 0. The highest BCUT2D eigenvalue weighted by molar-refractivity contribution is 5.85. The molecule has 0 saturated carbocycles. The summed E-state index contributed by atoms with van der Waals surface area (Å²) < 4.78 is 9.10. The van der Waals surface area contributed by atoms with Crippen LogP contribution in [-0.4, -0.2) is 12.6 Å². The highest BCUT2D eigenvalue weighted by atomic mass is 16.6. The van der Waals surface area contributed by atoms with E-state index in [2.05, 4.69) is 22.6 Å². The van der Waals surface area contributed by atoms with Crippen molar-refractivity contribution in [3.05, 3.63) is 25.2 Å². The van der Waals surface area contributed by atoms with Crippen LogP contribution in [0.25, 0.3) is 0 Å². The monoisotopic (exact) mass is 142 g/mol. The molecule has 0 bridgehead atoms. The summed E-state index contributed by atoms with van der Waals surface area (Å²) >= 11 is 0. The van der Waals surface area contributed by atoms with Gasteiger partial charge in [0.05, 0.1) is 12.9 Å². The second-order valence-electron chi connectivity index (χ2n) is 1.43. The molecule has 0 spiro atoms. The number of carbonyl (C=O) groups excluding carboxylic acids is 1. The van der Waals surface area contributed by atoms with Crippen molar-refractivity contribution >= 4 is 5.97 Å². The summed E-state index contributed by atoms with van der Waals surface area (Å²) in [7, 11) is 0. The van der Waals surface area contributed by atoms with E-state index in [9.17, 15) is 4.79 Å². The van der Waals surface area contributed by atoms with Gasteiger partial charge in [0, 0.05) is 0 Å². The molecule has 0 unspecified atom stereocenters. The minimum atomic E-state index is -0.553. The Morgan fingerprint density at radius 2 is 2.30 bits per heavy atom. The van der Waals surface area contributed by atoms with E-state index in [1.165, 1.54) is 0 Å². The van der Waals surface area contributed by atoms with E-state index in [0.29, 0.717) is 6.61 Å². The molecule has 0 aromatic rings. The van der Waals surface area contributed by atoms with Crippen LogP contribution < -0.4 is 0 Å². The van der Waals surface area contributed by atoms with Gasteiger partial charge in [-0.05, 0) is 13.5 Å². The van der Waals surface area contributed by atoms with Crippen molar-refractivity contribution < 1.29 is 14.3 Å². The molecular weight excluding hydrogens is 132 g/mol. The maximum atomic E-state index is 10.6. The Morgan fingerprint density at radius 1 is 1.70 bits per heavy atom. The molecule has 10 heavy (non-hydrogen) atoms. The standard InChI is InChI=1S/C7H10O3/c1-4-9-6(3)7(8)10-5-2/h4H,1,3,5H2,2H3. The van der Waals surface area contributed by atoms with E-state index in [0.717, 1.165) is 6.26 Å². The first kappa shape index (κ1) is 8.75. The van der Waals surface area contributed by atoms with Gasteiger partial charge in [-0.25, -0.2) is 4.79 Å². The average Bonchev–Trinajstić information content (AvgIpc) is 1.89. The lowest BCUT2D eigenvalue weighted by atomic mass is 10.6. The van der Waals surface area contributed by atoms with Crippen molar-refractivity contribution in [2.24, 2.45) is 0 Å². The van der Waals surface area contributed by atoms with Gasteiger partial charge in [-0.1, -0.05) is 6.58 Å². The molecule has 0 aliphatic heterocycles. The number of carbonyl (C=O) groups is 1. The zero-order valence-corrected chi connectivity index (χ0v) is 5.92. The molecule has 0 atom stereocenters. The quantitative estimate of drug-likeness (QED) is 0.336. The molecule has 3 heteroatoms. The lowest BCUT2D eigenvalue weighted by Gasteiger charge is -2.01. The smallest absolute Gasteiger partial charge is 0.373 e. The molecule has 0 rings (SSSR count).